The van der Waals surface area contributed by atoms with E-state index >= 15 is 0 Å². The molecule has 0 saturated heterocycles. The number of likely N-dealkylation sites (N-methyl/N-ethyl adjacent to an activating group) is 1. The summed E-state index contributed by atoms with van der Waals surface area (Å²) in [6.07, 6.45) is 3.58. The van der Waals surface area contributed by atoms with Crippen molar-refractivity contribution in [3.63, 3.8) is 0 Å². The van der Waals surface area contributed by atoms with Crippen molar-refractivity contribution < 1.29 is 17.9 Å². The van der Waals surface area contributed by atoms with E-state index in [1.807, 2.05) is 13.0 Å². The summed E-state index contributed by atoms with van der Waals surface area (Å²) in [5, 5.41) is 0. The van der Waals surface area contributed by atoms with Gasteiger partial charge in [0.1, 0.15) is 6.10 Å². The van der Waals surface area contributed by atoms with Gasteiger partial charge in [-0.25, -0.2) is 8.42 Å². The monoisotopic (exact) mass is 309 g/mol. The summed E-state index contributed by atoms with van der Waals surface area (Å²) in [6.45, 7) is 3.19. The predicted molar refractivity (Wildman–Crippen MR) is 79.2 cm³/mol. The van der Waals surface area contributed by atoms with E-state index in [2.05, 4.69) is 0 Å². The molecule has 0 N–H and O–H groups in total. The van der Waals surface area contributed by atoms with Crippen molar-refractivity contribution in [1.82, 2.24) is 4.31 Å². The summed E-state index contributed by atoms with van der Waals surface area (Å²) >= 11 is 0. The molecule has 0 aliphatic heterocycles. The van der Waals surface area contributed by atoms with E-state index in [9.17, 15) is 13.2 Å². The highest BCUT2D eigenvalue weighted by molar-refractivity contribution is 7.89. The standard InChI is InChI=1S/C15H19NO4S/c1-11-5-4-6-15(9-11)21(18,19)16(3)13-7-8-14(10-13)20-12(2)17/h4-9,13-14H,10H2,1-3H3/t13-,14+/m1/s1. The van der Waals surface area contributed by atoms with Crippen LogP contribution in [0.4, 0.5) is 0 Å². The summed E-state index contributed by atoms with van der Waals surface area (Å²) < 4.78 is 31.6. The number of sulfonamides is 1. The van der Waals surface area contributed by atoms with Crippen LogP contribution in [0.5, 0.6) is 0 Å². The number of hydrogen-bond acceptors (Lipinski definition) is 4. The minimum atomic E-state index is -3.56. The molecule has 0 amide bonds. The number of rotatable bonds is 4. The Morgan fingerprint density at radius 3 is 2.67 bits per heavy atom. The number of benzene rings is 1. The molecule has 0 unspecified atom stereocenters. The van der Waals surface area contributed by atoms with Crippen LogP contribution in [0.2, 0.25) is 0 Å². The van der Waals surface area contributed by atoms with Crippen molar-refractivity contribution >= 4 is 16.0 Å². The Morgan fingerprint density at radius 2 is 2.05 bits per heavy atom. The number of aryl methyl sites for hydroxylation is 1. The molecule has 6 heteroatoms. The smallest absolute Gasteiger partial charge is 0.303 e. The van der Waals surface area contributed by atoms with Gasteiger partial charge in [-0.15, -0.1) is 0 Å². The molecule has 1 aromatic carbocycles. The molecule has 21 heavy (non-hydrogen) atoms. The van der Waals surface area contributed by atoms with Gasteiger partial charge in [0.15, 0.2) is 0 Å². The maximum atomic E-state index is 12.6. The van der Waals surface area contributed by atoms with Crippen molar-refractivity contribution in [2.75, 3.05) is 7.05 Å². The molecule has 2 atom stereocenters. The average molecular weight is 309 g/mol. The largest absolute Gasteiger partial charge is 0.458 e. The van der Waals surface area contributed by atoms with Crippen LogP contribution in [0, 0.1) is 6.92 Å². The van der Waals surface area contributed by atoms with E-state index in [1.165, 1.54) is 11.2 Å². The third-order valence-corrected chi connectivity index (χ3v) is 5.35. The number of esters is 1. The molecule has 0 radical (unpaired) electrons. The summed E-state index contributed by atoms with van der Waals surface area (Å²) in [7, 11) is -2.01. The Hall–Kier alpha value is -1.66. The van der Waals surface area contributed by atoms with Gasteiger partial charge in [0.05, 0.1) is 4.90 Å². The third kappa shape index (κ3) is 3.51. The van der Waals surface area contributed by atoms with Crippen LogP contribution in [-0.4, -0.2) is 37.9 Å². The molecule has 0 aromatic heterocycles. The quantitative estimate of drug-likeness (QED) is 0.629. The number of ether oxygens (including phenoxy) is 1. The SMILES string of the molecule is CC(=O)O[C@H]1C=C[C@@H](N(C)S(=O)(=O)c2cccc(C)c2)C1. The molecule has 0 fully saturated rings. The van der Waals surface area contributed by atoms with E-state index in [0.717, 1.165) is 5.56 Å². The molecule has 1 aliphatic rings. The highest BCUT2D eigenvalue weighted by Gasteiger charge is 2.31. The number of hydrogen-bond donors (Lipinski definition) is 0. The highest BCUT2D eigenvalue weighted by atomic mass is 32.2. The van der Waals surface area contributed by atoms with Gasteiger partial charge >= 0.3 is 5.97 Å². The first kappa shape index (κ1) is 15.7. The first-order valence-electron chi connectivity index (χ1n) is 6.71. The molecular formula is C15H19NO4S. The number of carbonyl (C=O) groups is 1. The van der Waals surface area contributed by atoms with Crippen molar-refractivity contribution in [3.8, 4) is 0 Å². The molecule has 114 valence electrons. The number of carbonyl (C=O) groups excluding carboxylic acids is 1. The second-order valence-electron chi connectivity index (χ2n) is 5.17. The van der Waals surface area contributed by atoms with Crippen LogP contribution in [0.3, 0.4) is 0 Å². The van der Waals surface area contributed by atoms with Crippen LogP contribution in [-0.2, 0) is 19.6 Å². The van der Waals surface area contributed by atoms with Crippen molar-refractivity contribution in [2.45, 2.75) is 37.3 Å². The lowest BCUT2D eigenvalue weighted by molar-refractivity contribution is -0.144. The third-order valence-electron chi connectivity index (χ3n) is 3.47. The molecule has 0 bridgehead atoms. The molecular weight excluding hydrogens is 290 g/mol. The van der Waals surface area contributed by atoms with E-state index in [-0.39, 0.29) is 23.0 Å². The molecule has 1 aromatic rings. The van der Waals surface area contributed by atoms with Gasteiger partial charge in [0.2, 0.25) is 10.0 Å². The van der Waals surface area contributed by atoms with Crippen LogP contribution >= 0.6 is 0 Å². The van der Waals surface area contributed by atoms with E-state index in [1.54, 1.807) is 37.4 Å². The predicted octanol–water partition coefficient (Wildman–Crippen LogP) is 1.88. The lowest BCUT2D eigenvalue weighted by Crippen LogP contribution is -2.36. The molecule has 5 nitrogen and oxygen atoms in total. The Kier molecular flexibility index (Phi) is 4.49. The van der Waals surface area contributed by atoms with Crippen LogP contribution in [0.15, 0.2) is 41.3 Å². The Bertz CT molecular complexity index is 666. The van der Waals surface area contributed by atoms with Crippen LogP contribution in [0.1, 0.15) is 18.9 Å². The zero-order valence-electron chi connectivity index (χ0n) is 12.3. The Balaban J connectivity index is 2.15. The fourth-order valence-corrected chi connectivity index (χ4v) is 3.77. The van der Waals surface area contributed by atoms with Gasteiger partial charge in [-0.1, -0.05) is 18.2 Å². The van der Waals surface area contributed by atoms with E-state index in [0.29, 0.717) is 6.42 Å². The fraction of sp³-hybridized carbons (Fsp3) is 0.400. The van der Waals surface area contributed by atoms with Gasteiger partial charge < -0.3 is 4.74 Å². The number of nitrogens with zero attached hydrogens (tertiary/aromatic N) is 1. The van der Waals surface area contributed by atoms with Gasteiger partial charge in [-0.05, 0) is 30.7 Å². The minimum Gasteiger partial charge on any atom is -0.458 e. The summed E-state index contributed by atoms with van der Waals surface area (Å²) in [5.41, 5.74) is 0.893. The minimum absolute atomic E-state index is 0.273. The lowest BCUT2D eigenvalue weighted by atomic mass is 10.2. The maximum absolute atomic E-state index is 12.6. The molecule has 0 spiro atoms. The zero-order valence-corrected chi connectivity index (χ0v) is 13.1. The van der Waals surface area contributed by atoms with Crippen molar-refractivity contribution in [1.29, 1.82) is 0 Å². The Morgan fingerprint density at radius 1 is 1.33 bits per heavy atom. The Labute approximate surface area is 125 Å². The van der Waals surface area contributed by atoms with Crippen LogP contribution < -0.4 is 0 Å². The van der Waals surface area contributed by atoms with E-state index in [4.69, 9.17) is 4.74 Å². The molecule has 1 aliphatic carbocycles. The average Bonchev–Trinajstić information content (AvgIpc) is 2.85. The summed E-state index contributed by atoms with van der Waals surface area (Å²) in [6, 6.07) is 6.50. The van der Waals surface area contributed by atoms with Gasteiger partial charge in [-0.3, -0.25) is 4.79 Å². The summed E-state index contributed by atoms with van der Waals surface area (Å²) in [5.74, 6) is -0.366. The second-order valence-corrected chi connectivity index (χ2v) is 7.17. The van der Waals surface area contributed by atoms with Crippen molar-refractivity contribution in [3.05, 3.63) is 42.0 Å². The lowest BCUT2D eigenvalue weighted by Gasteiger charge is -2.23. The highest BCUT2D eigenvalue weighted by Crippen LogP contribution is 2.24. The van der Waals surface area contributed by atoms with E-state index < -0.39 is 10.0 Å². The van der Waals surface area contributed by atoms with Gasteiger partial charge in [0, 0.05) is 26.4 Å². The molecule has 2 rings (SSSR count). The molecule has 0 saturated carbocycles. The van der Waals surface area contributed by atoms with Gasteiger partial charge in [-0.2, -0.15) is 4.31 Å². The first-order chi connectivity index (χ1) is 9.80. The van der Waals surface area contributed by atoms with Gasteiger partial charge in [0.25, 0.3) is 0 Å². The second kappa shape index (κ2) is 5.99. The topological polar surface area (TPSA) is 63.7 Å². The maximum Gasteiger partial charge on any atom is 0.303 e. The normalized spacial score (nSPS) is 21.7. The zero-order chi connectivity index (χ0) is 15.6. The fourth-order valence-electron chi connectivity index (χ4n) is 2.34. The summed E-state index contributed by atoms with van der Waals surface area (Å²) in [4.78, 5) is 11.2. The van der Waals surface area contributed by atoms with Crippen LogP contribution in [0.25, 0.3) is 0 Å². The first-order valence-corrected chi connectivity index (χ1v) is 8.15. The molecule has 0 heterocycles. The van der Waals surface area contributed by atoms with Crippen molar-refractivity contribution in [2.24, 2.45) is 0 Å².